The van der Waals surface area contributed by atoms with Gasteiger partial charge in [0.1, 0.15) is 0 Å². The molecule has 3 nitrogen and oxygen atoms in total. The molecule has 0 aliphatic heterocycles. The molecule has 0 aromatic rings. The molecule has 0 amide bonds. The third-order valence-corrected chi connectivity index (χ3v) is 3.12. The van der Waals surface area contributed by atoms with Crippen LogP contribution in [0.15, 0.2) is 0 Å². The summed E-state index contributed by atoms with van der Waals surface area (Å²) in [5.41, 5.74) is 0.287. The van der Waals surface area contributed by atoms with Crippen molar-refractivity contribution in [3.05, 3.63) is 0 Å². The van der Waals surface area contributed by atoms with Gasteiger partial charge in [-0.05, 0) is 26.3 Å². The third kappa shape index (κ3) is 5.83. The van der Waals surface area contributed by atoms with Crippen LogP contribution in [0, 0.1) is 5.41 Å². The Morgan fingerprint density at radius 3 is 2.12 bits per heavy atom. The van der Waals surface area contributed by atoms with Gasteiger partial charge in [0.15, 0.2) is 0 Å². The number of ether oxygens (including phenoxy) is 1. The predicted octanol–water partition coefficient (Wildman–Crippen LogP) is 1.98. The number of rotatable bonds is 7. The Balaban J connectivity index is 4.35. The van der Waals surface area contributed by atoms with E-state index in [0.717, 1.165) is 19.7 Å². The first-order chi connectivity index (χ1) is 7.32. The zero-order valence-corrected chi connectivity index (χ0v) is 12.1. The molecule has 0 aromatic carbocycles. The fraction of sp³-hybridized carbons (Fsp3) is 1.00. The maximum atomic E-state index is 5.16. The molecule has 1 unspecified atom stereocenters. The Hall–Kier alpha value is -0.120. The van der Waals surface area contributed by atoms with E-state index in [9.17, 15) is 0 Å². The van der Waals surface area contributed by atoms with Crippen LogP contribution < -0.4 is 5.32 Å². The van der Waals surface area contributed by atoms with E-state index in [-0.39, 0.29) is 5.41 Å². The largest absolute Gasteiger partial charge is 0.383 e. The lowest BCUT2D eigenvalue weighted by Gasteiger charge is -2.37. The van der Waals surface area contributed by atoms with Crippen molar-refractivity contribution in [3.8, 4) is 0 Å². The van der Waals surface area contributed by atoms with Crippen molar-refractivity contribution in [2.24, 2.45) is 5.41 Å². The summed E-state index contributed by atoms with van der Waals surface area (Å²) in [5, 5.41) is 3.42. The summed E-state index contributed by atoms with van der Waals surface area (Å²) in [6, 6.07) is 1.07. The van der Waals surface area contributed by atoms with Gasteiger partial charge in [0.05, 0.1) is 6.61 Å². The van der Waals surface area contributed by atoms with Crippen molar-refractivity contribution >= 4 is 0 Å². The summed E-state index contributed by atoms with van der Waals surface area (Å²) in [5.74, 6) is 0. The molecule has 0 saturated heterocycles. The van der Waals surface area contributed by atoms with Crippen molar-refractivity contribution in [2.75, 3.05) is 33.9 Å². The fourth-order valence-corrected chi connectivity index (χ4v) is 1.80. The molecule has 0 heterocycles. The topological polar surface area (TPSA) is 24.5 Å². The van der Waals surface area contributed by atoms with E-state index in [2.05, 4.69) is 44.8 Å². The van der Waals surface area contributed by atoms with E-state index < -0.39 is 0 Å². The Morgan fingerprint density at radius 1 is 1.25 bits per heavy atom. The van der Waals surface area contributed by atoms with Gasteiger partial charge in [0.25, 0.3) is 0 Å². The minimum atomic E-state index is 0.287. The summed E-state index contributed by atoms with van der Waals surface area (Å²) in [4.78, 5) is 2.47. The second-order valence-corrected chi connectivity index (χ2v) is 5.79. The van der Waals surface area contributed by atoms with Gasteiger partial charge in [-0.15, -0.1) is 0 Å². The van der Waals surface area contributed by atoms with Gasteiger partial charge >= 0.3 is 0 Å². The molecule has 1 atom stereocenters. The van der Waals surface area contributed by atoms with E-state index >= 15 is 0 Å². The molecule has 16 heavy (non-hydrogen) atoms. The smallest absolute Gasteiger partial charge is 0.0589 e. The highest BCUT2D eigenvalue weighted by Gasteiger charge is 2.25. The van der Waals surface area contributed by atoms with E-state index in [1.165, 1.54) is 0 Å². The van der Waals surface area contributed by atoms with Crippen molar-refractivity contribution in [1.29, 1.82) is 0 Å². The Kier molecular flexibility index (Phi) is 7.20. The van der Waals surface area contributed by atoms with Crippen LogP contribution in [-0.2, 0) is 4.74 Å². The van der Waals surface area contributed by atoms with Gasteiger partial charge in [-0.3, -0.25) is 4.90 Å². The fourth-order valence-electron chi connectivity index (χ4n) is 1.80. The van der Waals surface area contributed by atoms with Crippen LogP contribution in [0.1, 0.15) is 34.6 Å². The van der Waals surface area contributed by atoms with Crippen LogP contribution in [0.25, 0.3) is 0 Å². The minimum absolute atomic E-state index is 0.287. The van der Waals surface area contributed by atoms with Gasteiger partial charge < -0.3 is 10.1 Å². The molecule has 98 valence electrons. The average Bonchev–Trinajstić information content (AvgIpc) is 2.15. The second kappa shape index (κ2) is 7.25. The van der Waals surface area contributed by atoms with Crippen molar-refractivity contribution < 1.29 is 4.74 Å². The summed E-state index contributed by atoms with van der Waals surface area (Å²) in [6.07, 6.45) is 0. The quantitative estimate of drug-likeness (QED) is 0.724. The molecule has 0 spiro atoms. The molecule has 0 aliphatic rings. The number of likely N-dealkylation sites (N-methyl/N-ethyl adjacent to an activating group) is 1. The summed E-state index contributed by atoms with van der Waals surface area (Å²) >= 11 is 0. The Bertz CT molecular complexity index is 175. The SMILES string of the molecule is CNC(CN(CCOC)C(C)C)C(C)(C)C. The van der Waals surface area contributed by atoms with Gasteiger partial charge in [0, 0.05) is 32.3 Å². The van der Waals surface area contributed by atoms with Gasteiger partial charge in [-0.1, -0.05) is 20.8 Å². The number of nitrogens with one attached hydrogen (secondary N) is 1. The normalized spacial score (nSPS) is 14.8. The second-order valence-electron chi connectivity index (χ2n) is 5.79. The number of methoxy groups -OCH3 is 1. The first kappa shape index (κ1) is 15.9. The first-order valence-corrected chi connectivity index (χ1v) is 6.23. The van der Waals surface area contributed by atoms with Gasteiger partial charge in [-0.25, -0.2) is 0 Å². The van der Waals surface area contributed by atoms with Crippen LogP contribution in [-0.4, -0.2) is 50.8 Å². The van der Waals surface area contributed by atoms with Crippen molar-refractivity contribution in [1.82, 2.24) is 10.2 Å². The average molecular weight is 230 g/mol. The minimum Gasteiger partial charge on any atom is -0.383 e. The standard InChI is InChI=1S/C13H30N2O/c1-11(2)15(8-9-16-7)10-12(14-6)13(3,4)5/h11-12,14H,8-10H2,1-7H3. The lowest BCUT2D eigenvalue weighted by atomic mass is 9.86. The molecule has 0 radical (unpaired) electrons. The molecule has 0 rings (SSSR count). The molecule has 0 aromatic heterocycles. The molecule has 0 bridgehead atoms. The van der Waals surface area contributed by atoms with Crippen molar-refractivity contribution in [3.63, 3.8) is 0 Å². The van der Waals surface area contributed by atoms with Crippen LogP contribution in [0.5, 0.6) is 0 Å². The number of hydrogen-bond donors (Lipinski definition) is 1. The zero-order chi connectivity index (χ0) is 12.8. The number of hydrogen-bond acceptors (Lipinski definition) is 3. The van der Waals surface area contributed by atoms with Gasteiger partial charge in [0.2, 0.25) is 0 Å². The highest BCUT2D eigenvalue weighted by atomic mass is 16.5. The van der Waals surface area contributed by atoms with Crippen LogP contribution in [0.4, 0.5) is 0 Å². The highest BCUT2D eigenvalue weighted by Crippen LogP contribution is 2.20. The highest BCUT2D eigenvalue weighted by molar-refractivity contribution is 4.83. The molecule has 0 fully saturated rings. The van der Waals surface area contributed by atoms with E-state index in [1.54, 1.807) is 7.11 Å². The van der Waals surface area contributed by atoms with Crippen molar-refractivity contribution in [2.45, 2.75) is 46.7 Å². The molecular formula is C13H30N2O. The molecule has 3 heteroatoms. The lowest BCUT2D eigenvalue weighted by Crippen LogP contribution is -2.49. The monoisotopic (exact) mass is 230 g/mol. The van der Waals surface area contributed by atoms with Crippen LogP contribution >= 0.6 is 0 Å². The Labute approximate surface area is 102 Å². The molecule has 0 saturated carbocycles. The first-order valence-electron chi connectivity index (χ1n) is 6.23. The predicted molar refractivity (Wildman–Crippen MR) is 70.9 cm³/mol. The molecular weight excluding hydrogens is 200 g/mol. The lowest BCUT2D eigenvalue weighted by molar-refractivity contribution is 0.104. The number of nitrogens with zero attached hydrogens (tertiary/aromatic N) is 1. The zero-order valence-electron chi connectivity index (χ0n) is 12.1. The summed E-state index contributed by atoms with van der Waals surface area (Å²) in [7, 11) is 3.81. The maximum Gasteiger partial charge on any atom is 0.0589 e. The summed E-state index contributed by atoms with van der Waals surface area (Å²) in [6.45, 7) is 14.2. The maximum absolute atomic E-state index is 5.16. The Morgan fingerprint density at radius 2 is 1.81 bits per heavy atom. The van der Waals surface area contributed by atoms with Crippen LogP contribution in [0.2, 0.25) is 0 Å². The molecule has 1 N–H and O–H groups in total. The third-order valence-electron chi connectivity index (χ3n) is 3.12. The van der Waals surface area contributed by atoms with E-state index in [0.29, 0.717) is 12.1 Å². The molecule has 0 aliphatic carbocycles. The van der Waals surface area contributed by atoms with E-state index in [4.69, 9.17) is 4.74 Å². The van der Waals surface area contributed by atoms with E-state index in [1.807, 2.05) is 7.05 Å². The van der Waals surface area contributed by atoms with Crippen LogP contribution in [0.3, 0.4) is 0 Å². The summed E-state index contributed by atoms with van der Waals surface area (Å²) < 4.78 is 5.16. The van der Waals surface area contributed by atoms with Gasteiger partial charge in [-0.2, -0.15) is 0 Å².